The van der Waals surface area contributed by atoms with Crippen molar-refractivity contribution in [3.63, 3.8) is 0 Å². The van der Waals surface area contributed by atoms with Crippen LogP contribution in [0.4, 0.5) is 0 Å². The molecule has 0 unspecified atom stereocenters. The number of carbonyl (C=O) groups excluding carboxylic acids is 2. The van der Waals surface area contributed by atoms with E-state index in [-0.39, 0.29) is 39.3 Å². The second-order valence-corrected chi connectivity index (χ2v) is 23.1. The Morgan fingerprint density at radius 3 is 1.85 bits per heavy atom. The lowest BCUT2D eigenvalue weighted by molar-refractivity contribution is -0.132. The molecule has 0 saturated carbocycles. The molecule has 0 fully saturated rings. The van der Waals surface area contributed by atoms with Gasteiger partial charge in [-0.2, -0.15) is 0 Å². The number of esters is 2. The molecule has 234 valence electrons. The Bertz CT molecular complexity index is 1080. The van der Waals surface area contributed by atoms with E-state index in [1.165, 1.54) is 28.3 Å². The van der Waals surface area contributed by atoms with Crippen molar-refractivity contribution in [3.8, 4) is 17.2 Å². The molecule has 10 heteroatoms. The third-order valence-corrected chi connectivity index (χ3v) is 17.3. The fourth-order valence-electron chi connectivity index (χ4n) is 3.90. The van der Waals surface area contributed by atoms with Crippen LogP contribution in [0.3, 0.4) is 0 Å². The number of carbonyl (C=O) groups is 2. The maximum Gasteiger partial charge on any atom is 0.342 e. The maximum atomic E-state index is 12.9. The van der Waals surface area contributed by atoms with Gasteiger partial charge < -0.3 is 27.8 Å². The summed E-state index contributed by atoms with van der Waals surface area (Å²) in [5.74, 6) is -0.851. The van der Waals surface area contributed by atoms with Crippen LogP contribution >= 0.6 is 0 Å². The lowest BCUT2D eigenvalue weighted by atomic mass is 10.0. The van der Waals surface area contributed by atoms with Crippen LogP contribution in [0.2, 0.25) is 36.3 Å². The number of rotatable bonds is 13. The van der Waals surface area contributed by atoms with Gasteiger partial charge in [-0.3, -0.25) is 4.79 Å². The summed E-state index contributed by atoms with van der Waals surface area (Å²) in [4.78, 5) is 24.8. The van der Waals surface area contributed by atoms with E-state index in [1.807, 2.05) is 12.2 Å². The molecule has 1 aromatic carbocycles. The summed E-state index contributed by atoms with van der Waals surface area (Å²) < 4.78 is 34.9. The first-order valence-electron chi connectivity index (χ1n) is 14.2. The summed E-state index contributed by atoms with van der Waals surface area (Å²) in [5.41, 5.74) is 0.551. The monoisotopic (exact) mass is 610 g/mol. The zero-order valence-electron chi connectivity index (χ0n) is 28.1. The van der Waals surface area contributed by atoms with E-state index in [1.54, 1.807) is 6.07 Å². The number of benzene rings is 1. The topological polar surface area (TPSA) is 89.5 Å². The summed E-state index contributed by atoms with van der Waals surface area (Å²) >= 11 is 0. The lowest BCUT2D eigenvalue weighted by Crippen LogP contribution is -2.46. The van der Waals surface area contributed by atoms with Gasteiger partial charge in [0.2, 0.25) is 5.75 Å². The van der Waals surface area contributed by atoms with Gasteiger partial charge in [0.25, 0.3) is 0 Å². The molecular weight excluding hydrogens is 557 g/mol. The SMILES string of the molecule is COC(=O)c1c(/C=C/C[C@H](C[C@H](C)O[Si](C)(C)C(C)(C)C)O[Si](C)(C)C(C)(C)C)cc(OC)c(OC)c1OC(C)=O. The molecule has 0 aliphatic rings. The minimum Gasteiger partial charge on any atom is -0.493 e. The molecule has 2 atom stereocenters. The third-order valence-electron chi connectivity index (χ3n) is 8.15. The van der Waals surface area contributed by atoms with Crippen LogP contribution in [-0.2, 0) is 18.4 Å². The van der Waals surface area contributed by atoms with Crippen molar-refractivity contribution >= 4 is 34.6 Å². The largest absolute Gasteiger partial charge is 0.493 e. The predicted molar refractivity (Wildman–Crippen MR) is 170 cm³/mol. The van der Waals surface area contributed by atoms with E-state index in [0.29, 0.717) is 17.7 Å². The Balaban J connectivity index is 3.52. The Hall–Kier alpha value is -2.15. The van der Waals surface area contributed by atoms with Crippen molar-refractivity contribution < 1.29 is 37.4 Å². The van der Waals surface area contributed by atoms with Crippen molar-refractivity contribution in [1.29, 1.82) is 0 Å². The van der Waals surface area contributed by atoms with Gasteiger partial charge in [-0.05, 0) is 67.7 Å². The van der Waals surface area contributed by atoms with Crippen LogP contribution in [0, 0.1) is 0 Å². The zero-order chi connectivity index (χ0) is 32.0. The van der Waals surface area contributed by atoms with Gasteiger partial charge in [-0.25, -0.2) is 4.79 Å². The molecular formula is C31H54O8Si2. The standard InChI is InChI=1S/C31H54O8Si2/c1-21(38-40(12,13)30(3,4)5)19-24(39-41(14,15)31(6,7)8)18-16-17-23-20-25(34-9)27(35-10)28(37-22(2)32)26(23)29(33)36-11/h16-17,20-21,24H,18-19H2,1-15H3/b17-16+/t21-,24+/m0/s1. The Labute approximate surface area is 250 Å². The van der Waals surface area contributed by atoms with E-state index >= 15 is 0 Å². The fraction of sp³-hybridized carbons (Fsp3) is 0.677. The molecule has 0 N–H and O–H groups in total. The average molecular weight is 611 g/mol. The van der Waals surface area contributed by atoms with Gasteiger partial charge in [0.05, 0.1) is 27.4 Å². The average Bonchev–Trinajstić information content (AvgIpc) is 2.80. The highest BCUT2D eigenvalue weighted by Crippen LogP contribution is 2.44. The predicted octanol–water partition coefficient (Wildman–Crippen LogP) is 8.01. The van der Waals surface area contributed by atoms with Crippen LogP contribution < -0.4 is 14.2 Å². The molecule has 0 bridgehead atoms. The molecule has 0 aliphatic heterocycles. The zero-order valence-corrected chi connectivity index (χ0v) is 30.1. The Morgan fingerprint density at radius 1 is 0.878 bits per heavy atom. The second kappa shape index (κ2) is 14.4. The third kappa shape index (κ3) is 9.97. The van der Waals surface area contributed by atoms with E-state index in [0.717, 1.165) is 6.42 Å². The van der Waals surface area contributed by atoms with Gasteiger partial charge in [0, 0.05) is 13.0 Å². The molecule has 0 aliphatic carbocycles. The van der Waals surface area contributed by atoms with Crippen LogP contribution in [0.15, 0.2) is 12.1 Å². The molecule has 1 rings (SSSR count). The van der Waals surface area contributed by atoms with Crippen molar-refractivity contribution in [2.75, 3.05) is 21.3 Å². The van der Waals surface area contributed by atoms with Gasteiger partial charge in [-0.1, -0.05) is 53.7 Å². The van der Waals surface area contributed by atoms with E-state index in [4.69, 9.17) is 27.8 Å². The van der Waals surface area contributed by atoms with Gasteiger partial charge in [0.1, 0.15) is 5.56 Å². The molecule has 0 saturated heterocycles. The molecule has 0 spiro atoms. The normalized spacial score (nSPS) is 14.5. The number of hydrogen-bond acceptors (Lipinski definition) is 8. The molecule has 0 amide bonds. The summed E-state index contributed by atoms with van der Waals surface area (Å²) in [6.45, 7) is 25.8. The first kappa shape index (κ1) is 36.9. The highest BCUT2D eigenvalue weighted by molar-refractivity contribution is 6.74. The van der Waals surface area contributed by atoms with Crippen LogP contribution in [-0.4, -0.2) is 62.1 Å². The Morgan fingerprint density at radius 2 is 1.41 bits per heavy atom. The van der Waals surface area contributed by atoms with E-state index < -0.39 is 28.6 Å². The van der Waals surface area contributed by atoms with E-state index in [9.17, 15) is 9.59 Å². The van der Waals surface area contributed by atoms with Crippen LogP contribution in [0.25, 0.3) is 6.08 Å². The Kier molecular flexibility index (Phi) is 12.9. The number of ether oxygens (including phenoxy) is 4. The van der Waals surface area contributed by atoms with Crippen molar-refractivity contribution in [2.45, 2.75) is 117 Å². The number of hydrogen-bond donors (Lipinski definition) is 0. The highest BCUT2D eigenvalue weighted by atomic mass is 28.4. The minimum absolute atomic E-state index is 0.0151. The summed E-state index contributed by atoms with van der Waals surface area (Å²) in [5, 5.41) is 0.146. The smallest absolute Gasteiger partial charge is 0.342 e. The first-order valence-corrected chi connectivity index (χ1v) is 20.0. The molecule has 0 radical (unpaired) electrons. The highest BCUT2D eigenvalue weighted by Gasteiger charge is 2.41. The molecule has 41 heavy (non-hydrogen) atoms. The van der Waals surface area contributed by atoms with E-state index in [2.05, 4.69) is 74.7 Å². The van der Waals surface area contributed by atoms with Gasteiger partial charge in [-0.15, -0.1) is 0 Å². The van der Waals surface area contributed by atoms with Crippen LogP contribution in [0.5, 0.6) is 17.2 Å². The van der Waals surface area contributed by atoms with Crippen molar-refractivity contribution in [2.24, 2.45) is 0 Å². The first-order chi connectivity index (χ1) is 18.6. The molecule has 0 aromatic heterocycles. The summed E-state index contributed by atoms with van der Waals surface area (Å²) in [7, 11) is 0.115. The second-order valence-electron chi connectivity index (χ2n) is 13.6. The van der Waals surface area contributed by atoms with Crippen LogP contribution in [0.1, 0.15) is 84.2 Å². The molecule has 8 nitrogen and oxygen atoms in total. The molecule has 0 heterocycles. The van der Waals surface area contributed by atoms with Gasteiger partial charge >= 0.3 is 11.9 Å². The summed E-state index contributed by atoms with van der Waals surface area (Å²) in [6.07, 6.45) is 5.03. The minimum atomic E-state index is -2.09. The van der Waals surface area contributed by atoms with Crippen molar-refractivity contribution in [3.05, 3.63) is 23.3 Å². The fourth-order valence-corrected chi connectivity index (χ4v) is 6.73. The van der Waals surface area contributed by atoms with Gasteiger partial charge in [0.15, 0.2) is 28.1 Å². The quantitative estimate of drug-likeness (QED) is 0.126. The number of methoxy groups -OCH3 is 3. The lowest BCUT2D eigenvalue weighted by Gasteiger charge is -2.42. The van der Waals surface area contributed by atoms with Crippen molar-refractivity contribution in [1.82, 2.24) is 0 Å². The maximum absolute atomic E-state index is 12.9. The molecule has 1 aromatic rings. The summed E-state index contributed by atoms with van der Waals surface area (Å²) in [6, 6.07) is 1.67.